The van der Waals surface area contributed by atoms with Gasteiger partial charge in [0.2, 0.25) is 0 Å². The van der Waals surface area contributed by atoms with E-state index in [-0.39, 0.29) is 12.0 Å². The quantitative estimate of drug-likeness (QED) is 0.443. The Morgan fingerprint density at radius 1 is 1.16 bits per heavy atom. The lowest BCUT2D eigenvalue weighted by Crippen LogP contribution is -2.09. The van der Waals surface area contributed by atoms with E-state index in [0.717, 1.165) is 28.4 Å². The molecule has 32 heavy (non-hydrogen) atoms. The second kappa shape index (κ2) is 10.2. The number of nitrogens with one attached hydrogen (secondary N) is 1. The molecule has 0 unspecified atom stereocenters. The van der Waals surface area contributed by atoms with Crippen molar-refractivity contribution < 1.29 is 14.6 Å². The summed E-state index contributed by atoms with van der Waals surface area (Å²) in [6.07, 6.45) is 4.14. The largest absolute Gasteiger partial charge is 0.496 e. The second-order valence-electron chi connectivity index (χ2n) is 6.93. The average molecular weight is 436 g/mol. The maximum Gasteiger partial charge on any atom is 0.290 e. The predicted octanol–water partition coefficient (Wildman–Crippen LogP) is 2.02. The first-order valence-electron chi connectivity index (χ1n) is 9.77. The fourth-order valence-electron chi connectivity index (χ4n) is 3.33. The number of carboxylic acid groups (broad SMARTS) is 1. The predicted molar refractivity (Wildman–Crippen MR) is 118 cm³/mol. The molecule has 0 aliphatic carbocycles. The van der Waals surface area contributed by atoms with E-state index in [1.165, 1.54) is 0 Å². The van der Waals surface area contributed by atoms with Gasteiger partial charge < -0.3 is 14.8 Å². The van der Waals surface area contributed by atoms with Crippen LogP contribution in [-0.2, 0) is 24.8 Å². The summed E-state index contributed by atoms with van der Waals surface area (Å²) in [6.45, 7) is 2.20. The Hall–Kier alpha value is -4.21. The number of ether oxygens (including phenoxy) is 1. The molecule has 3 heterocycles. The lowest BCUT2D eigenvalue weighted by Gasteiger charge is -2.10. The molecule has 0 aliphatic rings. The molecule has 10 heteroatoms. The molecule has 2 N–H and O–H groups in total. The van der Waals surface area contributed by atoms with Gasteiger partial charge in [-0.3, -0.25) is 14.3 Å². The first-order chi connectivity index (χ1) is 15.5. The molecule has 1 aromatic carbocycles. The molecule has 0 aliphatic heterocycles. The van der Waals surface area contributed by atoms with Gasteiger partial charge >= 0.3 is 0 Å². The Morgan fingerprint density at radius 2 is 1.91 bits per heavy atom. The van der Waals surface area contributed by atoms with E-state index in [1.54, 1.807) is 30.1 Å². The third kappa shape index (κ3) is 5.09. The zero-order valence-electron chi connectivity index (χ0n) is 18.0. The molecule has 0 atom stereocenters. The maximum atomic E-state index is 12.2. The van der Waals surface area contributed by atoms with E-state index < -0.39 is 0 Å². The van der Waals surface area contributed by atoms with Gasteiger partial charge in [-0.2, -0.15) is 10.2 Å². The number of carbonyl (C=O) groups is 1. The van der Waals surface area contributed by atoms with Gasteiger partial charge in [-0.25, -0.2) is 9.67 Å². The number of benzene rings is 1. The molecule has 0 radical (unpaired) electrons. The van der Waals surface area contributed by atoms with E-state index in [0.29, 0.717) is 24.4 Å². The Bertz CT molecular complexity index is 1260. The maximum absolute atomic E-state index is 12.2. The number of hydrogen-bond donors (Lipinski definition) is 2. The molecule has 0 saturated carbocycles. The highest BCUT2D eigenvalue weighted by atomic mass is 16.5. The second-order valence-corrected chi connectivity index (χ2v) is 6.93. The third-order valence-corrected chi connectivity index (χ3v) is 4.78. The van der Waals surface area contributed by atoms with E-state index in [2.05, 4.69) is 15.2 Å². The first-order valence-corrected chi connectivity index (χ1v) is 9.77. The zero-order chi connectivity index (χ0) is 23.1. The summed E-state index contributed by atoms with van der Waals surface area (Å²) in [5.41, 5.74) is 3.22. The number of methoxy groups -OCH3 is 1. The number of para-hydroxylation sites is 1. The molecule has 0 fully saturated rings. The molecule has 4 aromatic rings. The van der Waals surface area contributed by atoms with Gasteiger partial charge in [0.05, 0.1) is 24.9 Å². The Kier molecular flexibility index (Phi) is 7.17. The van der Waals surface area contributed by atoms with Gasteiger partial charge in [0.15, 0.2) is 5.82 Å². The number of rotatable bonds is 6. The van der Waals surface area contributed by atoms with Crippen LogP contribution in [0.1, 0.15) is 22.6 Å². The summed E-state index contributed by atoms with van der Waals surface area (Å²) in [7, 11) is 3.54. The molecular weight excluding hydrogens is 412 g/mol. The zero-order valence-corrected chi connectivity index (χ0v) is 18.0. The van der Waals surface area contributed by atoms with Gasteiger partial charge in [-0.05, 0) is 25.1 Å². The molecule has 0 spiro atoms. The lowest BCUT2D eigenvalue weighted by atomic mass is 10.1. The SMILES string of the molecule is COc1ccccc1Cn1nc(-c2ccc[nH]c2=O)nc1Cc1cn(C)nc1C.O=CO. The van der Waals surface area contributed by atoms with Crippen LogP contribution in [0.4, 0.5) is 0 Å². The van der Waals surface area contributed by atoms with Gasteiger partial charge in [-0.15, -0.1) is 0 Å². The van der Waals surface area contributed by atoms with E-state index in [9.17, 15) is 4.79 Å². The molecule has 10 nitrogen and oxygen atoms in total. The van der Waals surface area contributed by atoms with E-state index in [1.807, 2.05) is 49.1 Å². The summed E-state index contributed by atoms with van der Waals surface area (Å²) in [4.78, 5) is 28.0. The fraction of sp³-hybridized carbons (Fsp3) is 0.227. The molecule has 166 valence electrons. The summed E-state index contributed by atoms with van der Waals surface area (Å²) >= 11 is 0. The monoisotopic (exact) mass is 436 g/mol. The van der Waals surface area contributed by atoms with Crippen LogP contribution in [0.15, 0.2) is 53.6 Å². The van der Waals surface area contributed by atoms with Crippen molar-refractivity contribution in [3.63, 3.8) is 0 Å². The van der Waals surface area contributed by atoms with Crippen molar-refractivity contribution in [3.8, 4) is 17.1 Å². The summed E-state index contributed by atoms with van der Waals surface area (Å²) in [5.74, 6) is 1.94. The van der Waals surface area contributed by atoms with Crippen LogP contribution >= 0.6 is 0 Å². The van der Waals surface area contributed by atoms with Crippen molar-refractivity contribution in [2.75, 3.05) is 7.11 Å². The highest BCUT2D eigenvalue weighted by Crippen LogP contribution is 2.21. The number of aryl methyl sites for hydroxylation is 2. The molecular formula is C22H24N6O4. The Balaban J connectivity index is 0.000000913. The van der Waals surface area contributed by atoms with Gasteiger partial charge in [0.25, 0.3) is 12.0 Å². The van der Waals surface area contributed by atoms with Crippen LogP contribution in [0.25, 0.3) is 11.4 Å². The molecule has 0 bridgehead atoms. The average Bonchev–Trinajstić information content (AvgIpc) is 3.31. The summed E-state index contributed by atoms with van der Waals surface area (Å²) in [5, 5.41) is 15.9. The minimum Gasteiger partial charge on any atom is -0.496 e. The Labute approximate surface area is 184 Å². The van der Waals surface area contributed by atoms with Crippen molar-refractivity contribution in [3.05, 3.63) is 81.8 Å². The molecule has 3 aromatic heterocycles. The van der Waals surface area contributed by atoms with Crippen LogP contribution in [0.2, 0.25) is 0 Å². The van der Waals surface area contributed by atoms with Crippen molar-refractivity contribution in [2.45, 2.75) is 19.9 Å². The third-order valence-electron chi connectivity index (χ3n) is 4.78. The number of aromatic nitrogens is 6. The lowest BCUT2D eigenvalue weighted by molar-refractivity contribution is -0.122. The van der Waals surface area contributed by atoms with Crippen LogP contribution in [0, 0.1) is 6.92 Å². The van der Waals surface area contributed by atoms with Crippen molar-refractivity contribution >= 4 is 6.47 Å². The van der Waals surface area contributed by atoms with Gasteiger partial charge in [0.1, 0.15) is 11.6 Å². The van der Waals surface area contributed by atoms with Gasteiger partial charge in [0, 0.05) is 37.0 Å². The summed E-state index contributed by atoms with van der Waals surface area (Å²) < 4.78 is 9.09. The number of aromatic amines is 1. The molecule has 4 rings (SSSR count). The van der Waals surface area contributed by atoms with Crippen molar-refractivity contribution in [1.82, 2.24) is 29.5 Å². The van der Waals surface area contributed by atoms with Crippen LogP contribution in [0.5, 0.6) is 5.75 Å². The minimum atomic E-state index is -0.250. The molecule has 0 amide bonds. The van der Waals surface area contributed by atoms with Crippen LogP contribution < -0.4 is 10.3 Å². The highest BCUT2D eigenvalue weighted by Gasteiger charge is 2.17. The number of nitrogens with zero attached hydrogens (tertiary/aromatic N) is 5. The van der Waals surface area contributed by atoms with Crippen LogP contribution in [0.3, 0.4) is 0 Å². The number of H-pyrrole nitrogens is 1. The normalized spacial score (nSPS) is 10.3. The standard InChI is InChI=1S/C21H22N6O2.CH2O2/c1-14-16(12-26(2)24-14)11-19-23-20(17-8-6-10-22-21(17)28)25-27(19)13-15-7-4-5-9-18(15)29-3;2-1-3/h4-10,12H,11,13H2,1-3H3,(H,22,28);1H,(H,2,3). The minimum absolute atomic E-state index is 0.217. The fourth-order valence-corrected chi connectivity index (χ4v) is 3.33. The van der Waals surface area contributed by atoms with Gasteiger partial charge in [-0.1, -0.05) is 18.2 Å². The molecule has 0 saturated heterocycles. The summed E-state index contributed by atoms with van der Waals surface area (Å²) in [6, 6.07) is 11.3. The number of hydrogen-bond acceptors (Lipinski definition) is 6. The van der Waals surface area contributed by atoms with Crippen LogP contribution in [-0.4, -0.2) is 48.2 Å². The number of pyridine rings is 1. The topological polar surface area (TPSA) is 128 Å². The van der Waals surface area contributed by atoms with E-state index in [4.69, 9.17) is 19.6 Å². The first kappa shape index (κ1) is 22.5. The van der Waals surface area contributed by atoms with E-state index >= 15 is 0 Å². The highest BCUT2D eigenvalue weighted by molar-refractivity contribution is 5.52. The van der Waals surface area contributed by atoms with Crippen molar-refractivity contribution in [2.24, 2.45) is 7.05 Å². The van der Waals surface area contributed by atoms with Crippen molar-refractivity contribution in [1.29, 1.82) is 0 Å². The Morgan fingerprint density at radius 3 is 2.56 bits per heavy atom. The smallest absolute Gasteiger partial charge is 0.290 e.